The lowest BCUT2D eigenvalue weighted by atomic mass is 9.96. The second-order valence-electron chi connectivity index (χ2n) is 5.44. The summed E-state index contributed by atoms with van der Waals surface area (Å²) in [5.41, 5.74) is 1.74. The molecule has 23 heavy (non-hydrogen) atoms. The molecule has 0 saturated carbocycles. The zero-order chi connectivity index (χ0) is 16.2. The van der Waals surface area contributed by atoms with Gasteiger partial charge in [-0.2, -0.15) is 0 Å². The van der Waals surface area contributed by atoms with E-state index in [1.165, 1.54) is 4.90 Å². The molecule has 1 fully saturated rings. The Bertz CT molecular complexity index is 696. The minimum absolute atomic E-state index is 0.129. The zero-order valence-electron chi connectivity index (χ0n) is 13.1. The Morgan fingerprint density at radius 2 is 1.57 bits per heavy atom. The molecule has 2 aromatic rings. The van der Waals surface area contributed by atoms with Crippen molar-refractivity contribution in [3.8, 4) is 5.75 Å². The van der Waals surface area contributed by atoms with Gasteiger partial charge >= 0.3 is 0 Å². The molecule has 0 N–H and O–H groups in total. The quantitative estimate of drug-likeness (QED) is 0.796. The summed E-state index contributed by atoms with van der Waals surface area (Å²) >= 11 is 0. The molecule has 1 atom stereocenters. The van der Waals surface area contributed by atoms with Crippen LogP contribution in [0.3, 0.4) is 0 Å². The molecule has 0 radical (unpaired) electrons. The molecule has 1 unspecified atom stereocenters. The third-order valence-electron chi connectivity index (χ3n) is 3.98. The van der Waals surface area contributed by atoms with Gasteiger partial charge in [0.25, 0.3) is 0 Å². The summed E-state index contributed by atoms with van der Waals surface area (Å²) in [6.07, 6.45) is 0.554. The van der Waals surface area contributed by atoms with Crippen molar-refractivity contribution < 1.29 is 14.3 Å². The molecular weight excluding hydrogens is 290 g/mol. The smallest absolute Gasteiger partial charge is 0.230 e. The molecule has 4 heteroatoms. The van der Waals surface area contributed by atoms with E-state index < -0.39 is 6.04 Å². The molecule has 1 heterocycles. The summed E-state index contributed by atoms with van der Waals surface area (Å²) in [6, 6.07) is 16.8. The number of amides is 2. The maximum absolute atomic E-state index is 12.3. The number of carbonyl (C=O) groups excluding carboxylic acids is 2. The predicted molar refractivity (Wildman–Crippen MR) is 87.0 cm³/mol. The number of nitrogens with zero attached hydrogens (tertiary/aromatic N) is 1. The van der Waals surface area contributed by atoms with Gasteiger partial charge in [0.05, 0.1) is 12.6 Å². The molecule has 4 nitrogen and oxygen atoms in total. The number of benzene rings is 2. The summed E-state index contributed by atoms with van der Waals surface area (Å²) < 4.78 is 5.72. The van der Waals surface area contributed by atoms with E-state index >= 15 is 0 Å². The van der Waals surface area contributed by atoms with Crippen molar-refractivity contribution >= 4 is 11.8 Å². The number of hydrogen-bond donors (Lipinski definition) is 0. The monoisotopic (exact) mass is 309 g/mol. The van der Waals surface area contributed by atoms with Gasteiger partial charge in [0, 0.05) is 18.4 Å². The lowest BCUT2D eigenvalue weighted by molar-refractivity contribution is -0.140. The highest BCUT2D eigenvalue weighted by atomic mass is 16.5. The Hall–Kier alpha value is -2.62. The van der Waals surface area contributed by atoms with Crippen LogP contribution in [0, 0.1) is 0 Å². The highest BCUT2D eigenvalue weighted by Crippen LogP contribution is 2.37. The zero-order valence-corrected chi connectivity index (χ0v) is 13.1. The van der Waals surface area contributed by atoms with Crippen LogP contribution in [0.5, 0.6) is 5.75 Å². The van der Waals surface area contributed by atoms with Crippen molar-refractivity contribution in [2.24, 2.45) is 0 Å². The molecule has 2 amide bonds. The molecule has 2 aromatic carbocycles. The second kappa shape index (κ2) is 6.65. The Morgan fingerprint density at radius 3 is 2.22 bits per heavy atom. The molecule has 0 aliphatic carbocycles. The lowest BCUT2D eigenvalue weighted by Gasteiger charge is -2.28. The number of para-hydroxylation sites is 1. The van der Waals surface area contributed by atoms with Gasteiger partial charge in [-0.15, -0.1) is 0 Å². The van der Waals surface area contributed by atoms with Crippen LogP contribution in [0.25, 0.3) is 0 Å². The van der Waals surface area contributed by atoms with E-state index in [-0.39, 0.29) is 24.7 Å². The van der Waals surface area contributed by atoms with Gasteiger partial charge < -0.3 is 4.74 Å². The van der Waals surface area contributed by atoms with E-state index in [4.69, 9.17) is 4.74 Å². The highest BCUT2D eigenvalue weighted by molar-refractivity contribution is 6.02. The van der Waals surface area contributed by atoms with Crippen LogP contribution >= 0.6 is 0 Å². The first-order chi connectivity index (χ1) is 11.2. The SMILES string of the molecule is CCOc1ccccc1C(c1ccccc1)N1C(=O)CCC1=O. The number of imide groups is 1. The van der Waals surface area contributed by atoms with Crippen LogP contribution in [0.15, 0.2) is 54.6 Å². The molecule has 0 spiro atoms. The van der Waals surface area contributed by atoms with Crippen molar-refractivity contribution in [1.82, 2.24) is 4.90 Å². The second-order valence-corrected chi connectivity index (χ2v) is 5.44. The maximum Gasteiger partial charge on any atom is 0.230 e. The first kappa shape index (κ1) is 15.3. The Morgan fingerprint density at radius 1 is 0.957 bits per heavy atom. The van der Waals surface area contributed by atoms with E-state index in [1.807, 2.05) is 61.5 Å². The minimum atomic E-state index is -0.443. The summed E-state index contributed by atoms with van der Waals surface area (Å²) in [7, 11) is 0. The van der Waals surface area contributed by atoms with Crippen molar-refractivity contribution in [3.63, 3.8) is 0 Å². The van der Waals surface area contributed by atoms with Gasteiger partial charge in [0.1, 0.15) is 5.75 Å². The van der Waals surface area contributed by atoms with Crippen LogP contribution in [-0.2, 0) is 9.59 Å². The molecule has 1 aliphatic rings. The average Bonchev–Trinajstić information content (AvgIpc) is 2.90. The van der Waals surface area contributed by atoms with Crippen molar-refractivity contribution in [1.29, 1.82) is 0 Å². The van der Waals surface area contributed by atoms with Gasteiger partial charge in [0.2, 0.25) is 11.8 Å². The first-order valence-electron chi connectivity index (χ1n) is 7.84. The fraction of sp³-hybridized carbons (Fsp3) is 0.263. The van der Waals surface area contributed by atoms with Crippen molar-refractivity contribution in [3.05, 3.63) is 65.7 Å². The summed E-state index contributed by atoms with van der Waals surface area (Å²) in [4.78, 5) is 26.0. The normalized spacial score (nSPS) is 15.8. The van der Waals surface area contributed by atoms with Crippen molar-refractivity contribution in [2.75, 3.05) is 6.61 Å². The van der Waals surface area contributed by atoms with E-state index in [2.05, 4.69) is 0 Å². The molecule has 1 saturated heterocycles. The number of likely N-dealkylation sites (tertiary alicyclic amines) is 1. The molecule has 118 valence electrons. The van der Waals surface area contributed by atoms with Crippen LogP contribution in [0.1, 0.15) is 36.9 Å². The van der Waals surface area contributed by atoms with E-state index in [0.717, 1.165) is 11.1 Å². The van der Waals surface area contributed by atoms with E-state index in [0.29, 0.717) is 12.4 Å². The largest absolute Gasteiger partial charge is 0.494 e. The minimum Gasteiger partial charge on any atom is -0.494 e. The lowest BCUT2D eigenvalue weighted by Crippen LogP contribution is -2.34. The highest BCUT2D eigenvalue weighted by Gasteiger charge is 2.37. The molecule has 3 rings (SSSR count). The predicted octanol–water partition coefficient (Wildman–Crippen LogP) is 3.32. The number of rotatable bonds is 5. The molecule has 0 bridgehead atoms. The topological polar surface area (TPSA) is 46.6 Å². The standard InChI is InChI=1S/C19H19NO3/c1-2-23-16-11-7-6-10-15(16)19(14-8-4-3-5-9-14)20-17(21)12-13-18(20)22/h3-11,19H,2,12-13H2,1H3. The Balaban J connectivity index is 2.13. The van der Waals surface area contributed by atoms with Crippen LogP contribution in [0.2, 0.25) is 0 Å². The summed E-state index contributed by atoms with van der Waals surface area (Å²) in [5, 5.41) is 0. The number of carbonyl (C=O) groups is 2. The Kier molecular flexibility index (Phi) is 4.42. The van der Waals surface area contributed by atoms with Gasteiger partial charge in [-0.25, -0.2) is 0 Å². The van der Waals surface area contributed by atoms with E-state index in [1.54, 1.807) is 0 Å². The van der Waals surface area contributed by atoms with Gasteiger partial charge in [-0.1, -0.05) is 48.5 Å². The van der Waals surface area contributed by atoms with Crippen molar-refractivity contribution in [2.45, 2.75) is 25.8 Å². The fourth-order valence-electron chi connectivity index (χ4n) is 2.98. The molecule has 0 aromatic heterocycles. The Labute approximate surface area is 135 Å². The van der Waals surface area contributed by atoms with Crippen LogP contribution in [-0.4, -0.2) is 23.3 Å². The van der Waals surface area contributed by atoms with Gasteiger partial charge in [0.15, 0.2) is 0 Å². The molecular formula is C19H19NO3. The summed E-state index contributed by atoms with van der Waals surface area (Å²) in [5.74, 6) is 0.446. The third kappa shape index (κ3) is 2.97. The first-order valence-corrected chi connectivity index (χ1v) is 7.84. The maximum atomic E-state index is 12.3. The van der Waals surface area contributed by atoms with Crippen LogP contribution < -0.4 is 4.74 Å². The van der Waals surface area contributed by atoms with E-state index in [9.17, 15) is 9.59 Å². The molecule has 1 aliphatic heterocycles. The fourth-order valence-corrected chi connectivity index (χ4v) is 2.98. The number of ether oxygens (including phenoxy) is 1. The van der Waals surface area contributed by atoms with Gasteiger partial charge in [-0.3, -0.25) is 14.5 Å². The average molecular weight is 309 g/mol. The van der Waals surface area contributed by atoms with Gasteiger partial charge in [-0.05, 0) is 18.6 Å². The van der Waals surface area contributed by atoms with Crippen LogP contribution in [0.4, 0.5) is 0 Å². The summed E-state index contributed by atoms with van der Waals surface area (Å²) in [6.45, 7) is 2.45. The third-order valence-corrected chi connectivity index (χ3v) is 3.98. The number of hydrogen-bond acceptors (Lipinski definition) is 3.